The van der Waals surface area contributed by atoms with Crippen LogP contribution < -0.4 is 5.32 Å². The molecule has 66 valence electrons. The molecule has 12 heavy (non-hydrogen) atoms. The minimum Gasteiger partial charge on any atom is -0.334 e. The number of hydrogen-bond acceptors (Lipinski definition) is 2. The molecular formula is C9H14N2O. The molecule has 0 unspecified atom stereocenters. The zero-order valence-corrected chi connectivity index (χ0v) is 7.12. The first-order chi connectivity index (χ1) is 5.88. The summed E-state index contributed by atoms with van der Waals surface area (Å²) in [7, 11) is 0. The Kier molecular flexibility index (Phi) is 2.13. The molecule has 0 spiro atoms. The Morgan fingerprint density at radius 1 is 1.42 bits per heavy atom. The smallest absolute Gasteiger partial charge is 0.240 e. The maximum atomic E-state index is 11.7. The average Bonchev–Trinajstić information content (AvgIpc) is 2.77. The molecule has 0 aromatic rings. The van der Waals surface area contributed by atoms with Gasteiger partial charge in [-0.25, -0.2) is 0 Å². The highest BCUT2D eigenvalue weighted by atomic mass is 16.2. The summed E-state index contributed by atoms with van der Waals surface area (Å²) in [5, 5.41) is 3.21. The van der Waals surface area contributed by atoms with Crippen LogP contribution in [0.2, 0.25) is 0 Å². The molecule has 2 rings (SSSR count). The molecule has 0 radical (unpaired) electrons. The molecule has 0 bridgehead atoms. The van der Waals surface area contributed by atoms with Crippen molar-refractivity contribution in [2.75, 3.05) is 19.6 Å². The number of rotatable bonds is 1. The van der Waals surface area contributed by atoms with E-state index in [2.05, 4.69) is 5.32 Å². The van der Waals surface area contributed by atoms with E-state index in [4.69, 9.17) is 0 Å². The first kappa shape index (κ1) is 7.80. The number of nitrogens with zero attached hydrogens (tertiary/aromatic N) is 1. The molecule has 0 aliphatic carbocycles. The Bertz CT molecular complexity index is 195. The molecule has 1 saturated heterocycles. The third-order valence-electron chi connectivity index (χ3n) is 2.49. The van der Waals surface area contributed by atoms with Gasteiger partial charge in [0.15, 0.2) is 0 Å². The Hall–Kier alpha value is -0.830. The topological polar surface area (TPSA) is 32.3 Å². The second-order valence-corrected chi connectivity index (χ2v) is 3.36. The lowest BCUT2D eigenvalue weighted by atomic mass is 10.2. The molecule has 1 atom stereocenters. The number of hydrogen-bond donors (Lipinski definition) is 1. The summed E-state index contributed by atoms with van der Waals surface area (Å²) < 4.78 is 0. The fourth-order valence-corrected chi connectivity index (χ4v) is 1.77. The van der Waals surface area contributed by atoms with E-state index in [1.165, 1.54) is 0 Å². The first-order valence-electron chi connectivity index (χ1n) is 4.55. The lowest BCUT2D eigenvalue weighted by Crippen LogP contribution is -2.42. The molecule has 0 aromatic heterocycles. The highest BCUT2D eigenvalue weighted by Crippen LogP contribution is 2.10. The largest absolute Gasteiger partial charge is 0.334 e. The molecule has 3 heteroatoms. The fourth-order valence-electron chi connectivity index (χ4n) is 1.77. The van der Waals surface area contributed by atoms with E-state index in [0.29, 0.717) is 0 Å². The van der Waals surface area contributed by atoms with E-state index in [1.54, 1.807) is 0 Å². The Labute approximate surface area is 72.4 Å². The predicted octanol–water partition coefficient (Wildman–Crippen LogP) is 0.137. The van der Waals surface area contributed by atoms with Gasteiger partial charge in [0.25, 0.3) is 0 Å². The minimum absolute atomic E-state index is 0.102. The Balaban J connectivity index is 1.90. The summed E-state index contributed by atoms with van der Waals surface area (Å²) in [6, 6.07) is 0.102. The van der Waals surface area contributed by atoms with Gasteiger partial charge in [-0.3, -0.25) is 4.79 Å². The number of carbonyl (C=O) groups is 1. The van der Waals surface area contributed by atoms with Gasteiger partial charge in [0.05, 0.1) is 6.04 Å². The molecule has 3 nitrogen and oxygen atoms in total. The van der Waals surface area contributed by atoms with E-state index in [1.807, 2.05) is 17.1 Å². The van der Waals surface area contributed by atoms with Crippen molar-refractivity contribution in [1.29, 1.82) is 0 Å². The molecule has 1 N–H and O–H groups in total. The monoisotopic (exact) mass is 166 g/mol. The fraction of sp³-hybridized carbons (Fsp3) is 0.667. The summed E-state index contributed by atoms with van der Waals surface area (Å²) in [5.41, 5.74) is 0. The summed E-state index contributed by atoms with van der Waals surface area (Å²) in [5.74, 6) is 0.275. The average molecular weight is 166 g/mol. The minimum atomic E-state index is 0.102. The van der Waals surface area contributed by atoms with Crippen LogP contribution in [0.25, 0.3) is 0 Å². The second-order valence-electron chi connectivity index (χ2n) is 3.36. The third-order valence-corrected chi connectivity index (χ3v) is 2.49. The maximum absolute atomic E-state index is 11.7. The summed E-state index contributed by atoms with van der Waals surface area (Å²) in [4.78, 5) is 13.6. The van der Waals surface area contributed by atoms with E-state index < -0.39 is 0 Å². The van der Waals surface area contributed by atoms with Gasteiger partial charge < -0.3 is 10.2 Å². The second kappa shape index (κ2) is 3.27. The maximum Gasteiger partial charge on any atom is 0.240 e. The predicted molar refractivity (Wildman–Crippen MR) is 46.7 cm³/mol. The van der Waals surface area contributed by atoms with Crippen LogP contribution in [0, 0.1) is 0 Å². The van der Waals surface area contributed by atoms with Crippen molar-refractivity contribution < 1.29 is 4.79 Å². The normalized spacial score (nSPS) is 28.3. The van der Waals surface area contributed by atoms with Gasteiger partial charge in [0, 0.05) is 13.1 Å². The standard InChI is InChI=1S/C9H14N2O/c12-9(8-4-3-5-10-8)11-6-1-2-7-11/h1-2,8,10H,3-7H2/t8-/m0/s1. The lowest BCUT2D eigenvalue weighted by molar-refractivity contribution is -0.131. The van der Waals surface area contributed by atoms with Crippen molar-refractivity contribution in [3.63, 3.8) is 0 Å². The van der Waals surface area contributed by atoms with Gasteiger partial charge in [-0.1, -0.05) is 12.2 Å². The van der Waals surface area contributed by atoms with Crippen molar-refractivity contribution in [2.24, 2.45) is 0 Å². The number of amides is 1. The van der Waals surface area contributed by atoms with E-state index in [9.17, 15) is 4.79 Å². The van der Waals surface area contributed by atoms with E-state index >= 15 is 0 Å². The van der Waals surface area contributed by atoms with Crippen LogP contribution in [-0.4, -0.2) is 36.5 Å². The summed E-state index contributed by atoms with van der Waals surface area (Å²) >= 11 is 0. The third kappa shape index (κ3) is 1.37. The van der Waals surface area contributed by atoms with Crippen molar-refractivity contribution in [3.8, 4) is 0 Å². The van der Waals surface area contributed by atoms with Crippen molar-refractivity contribution in [3.05, 3.63) is 12.2 Å². The van der Waals surface area contributed by atoms with Gasteiger partial charge in [-0.15, -0.1) is 0 Å². The molecule has 1 fully saturated rings. The Morgan fingerprint density at radius 2 is 2.17 bits per heavy atom. The van der Waals surface area contributed by atoms with Crippen LogP contribution >= 0.6 is 0 Å². The van der Waals surface area contributed by atoms with Gasteiger partial charge in [-0.2, -0.15) is 0 Å². The number of nitrogens with one attached hydrogen (secondary N) is 1. The summed E-state index contributed by atoms with van der Waals surface area (Å²) in [6.45, 7) is 2.60. The quantitative estimate of drug-likeness (QED) is 0.562. The van der Waals surface area contributed by atoms with Crippen LogP contribution in [-0.2, 0) is 4.79 Å². The van der Waals surface area contributed by atoms with Gasteiger partial charge in [0.2, 0.25) is 5.91 Å². The highest BCUT2D eigenvalue weighted by molar-refractivity contribution is 5.82. The highest BCUT2D eigenvalue weighted by Gasteiger charge is 2.26. The molecule has 2 heterocycles. The van der Waals surface area contributed by atoms with Crippen LogP contribution in [0.3, 0.4) is 0 Å². The van der Waals surface area contributed by atoms with E-state index in [-0.39, 0.29) is 11.9 Å². The first-order valence-corrected chi connectivity index (χ1v) is 4.55. The van der Waals surface area contributed by atoms with Gasteiger partial charge >= 0.3 is 0 Å². The molecule has 2 aliphatic rings. The zero-order chi connectivity index (χ0) is 8.39. The molecule has 1 amide bonds. The lowest BCUT2D eigenvalue weighted by Gasteiger charge is -2.19. The summed E-state index contributed by atoms with van der Waals surface area (Å²) in [6.07, 6.45) is 6.24. The molecule has 0 saturated carbocycles. The SMILES string of the molecule is O=C([C@@H]1CCCN1)N1CC=CC1. The number of carbonyl (C=O) groups excluding carboxylic acids is 1. The van der Waals surface area contributed by atoms with Crippen LogP contribution in [0.15, 0.2) is 12.2 Å². The van der Waals surface area contributed by atoms with Crippen molar-refractivity contribution in [2.45, 2.75) is 18.9 Å². The molecule has 2 aliphatic heterocycles. The van der Waals surface area contributed by atoms with Crippen molar-refractivity contribution >= 4 is 5.91 Å². The van der Waals surface area contributed by atoms with Crippen molar-refractivity contribution in [1.82, 2.24) is 10.2 Å². The molecular weight excluding hydrogens is 152 g/mol. The van der Waals surface area contributed by atoms with Gasteiger partial charge in [0.1, 0.15) is 0 Å². The van der Waals surface area contributed by atoms with Gasteiger partial charge in [-0.05, 0) is 19.4 Å². The van der Waals surface area contributed by atoms with E-state index in [0.717, 1.165) is 32.5 Å². The van der Waals surface area contributed by atoms with Crippen LogP contribution in [0.4, 0.5) is 0 Å². The van der Waals surface area contributed by atoms with Crippen LogP contribution in [0.5, 0.6) is 0 Å². The molecule has 0 aromatic carbocycles. The zero-order valence-electron chi connectivity index (χ0n) is 7.12. The Morgan fingerprint density at radius 3 is 2.75 bits per heavy atom. The van der Waals surface area contributed by atoms with Crippen LogP contribution in [0.1, 0.15) is 12.8 Å².